The third-order valence-corrected chi connectivity index (χ3v) is 4.04. The second-order valence-electron chi connectivity index (χ2n) is 5.32. The van der Waals surface area contributed by atoms with Crippen LogP contribution in [0.4, 0.5) is 8.78 Å². The maximum Gasteiger partial charge on any atom is 0.204 e. The molecule has 0 bridgehead atoms. The topological polar surface area (TPSA) is 29.5 Å². The van der Waals surface area contributed by atoms with E-state index in [0.717, 1.165) is 24.8 Å². The number of hydrogen-bond donors (Lipinski definition) is 1. The van der Waals surface area contributed by atoms with Crippen LogP contribution in [0.25, 0.3) is 0 Å². The predicted molar refractivity (Wildman–Crippen MR) is 69.3 cm³/mol. The number of rotatable bonds is 4. The summed E-state index contributed by atoms with van der Waals surface area (Å²) in [6.45, 7) is 2.62. The Labute approximate surface area is 112 Å². The van der Waals surface area contributed by atoms with Crippen molar-refractivity contribution in [3.05, 3.63) is 23.8 Å². The molecule has 4 heteroatoms. The van der Waals surface area contributed by atoms with Crippen LogP contribution in [0.2, 0.25) is 0 Å². The zero-order chi connectivity index (χ0) is 13.8. The number of phenolic OH excluding ortho intramolecular Hbond substituents is 1. The minimum Gasteiger partial charge on any atom is -0.505 e. The standard InChI is InChI=1S/C15H20F2O2/c1-2-10-3-5-11(6-4-10)9-19-13-8-7-12(18)14(16)15(13)17/h7-8,10-11,18H,2-6,9H2,1H3/t10-,11-. The van der Waals surface area contributed by atoms with Crippen LogP contribution < -0.4 is 4.74 Å². The summed E-state index contributed by atoms with van der Waals surface area (Å²) in [7, 11) is 0. The van der Waals surface area contributed by atoms with Gasteiger partial charge in [0.25, 0.3) is 0 Å². The highest BCUT2D eigenvalue weighted by molar-refractivity contribution is 5.33. The van der Waals surface area contributed by atoms with E-state index >= 15 is 0 Å². The van der Waals surface area contributed by atoms with Gasteiger partial charge >= 0.3 is 0 Å². The Kier molecular flexibility index (Phi) is 4.61. The van der Waals surface area contributed by atoms with Gasteiger partial charge in [-0.25, -0.2) is 0 Å². The smallest absolute Gasteiger partial charge is 0.204 e. The van der Waals surface area contributed by atoms with Gasteiger partial charge in [0.2, 0.25) is 11.6 Å². The minimum atomic E-state index is -1.24. The maximum atomic E-state index is 13.5. The summed E-state index contributed by atoms with van der Waals surface area (Å²) in [6.07, 6.45) is 5.76. The summed E-state index contributed by atoms with van der Waals surface area (Å²) in [5.74, 6) is -1.94. The summed E-state index contributed by atoms with van der Waals surface area (Å²) >= 11 is 0. The molecule has 0 aliphatic heterocycles. The second-order valence-corrected chi connectivity index (χ2v) is 5.32. The van der Waals surface area contributed by atoms with E-state index in [1.807, 2.05) is 0 Å². The van der Waals surface area contributed by atoms with E-state index in [2.05, 4.69) is 6.92 Å². The van der Waals surface area contributed by atoms with Crippen LogP contribution in [0, 0.1) is 23.5 Å². The highest BCUT2D eigenvalue weighted by atomic mass is 19.2. The molecule has 0 radical (unpaired) electrons. The van der Waals surface area contributed by atoms with E-state index in [1.165, 1.54) is 25.3 Å². The first kappa shape index (κ1) is 14.1. The monoisotopic (exact) mass is 270 g/mol. The lowest BCUT2D eigenvalue weighted by atomic mass is 9.81. The first-order valence-electron chi connectivity index (χ1n) is 6.91. The fraction of sp³-hybridized carbons (Fsp3) is 0.600. The molecular weight excluding hydrogens is 250 g/mol. The number of ether oxygens (including phenoxy) is 1. The molecule has 0 aromatic heterocycles. The highest BCUT2D eigenvalue weighted by Gasteiger charge is 2.21. The van der Waals surface area contributed by atoms with Crippen LogP contribution >= 0.6 is 0 Å². The van der Waals surface area contributed by atoms with Crippen LogP contribution in [-0.4, -0.2) is 11.7 Å². The van der Waals surface area contributed by atoms with Gasteiger partial charge in [-0.05, 0) is 36.8 Å². The van der Waals surface area contributed by atoms with Gasteiger partial charge in [-0.2, -0.15) is 8.78 Å². The van der Waals surface area contributed by atoms with E-state index in [0.29, 0.717) is 12.5 Å². The lowest BCUT2D eigenvalue weighted by Crippen LogP contribution is -2.20. The lowest BCUT2D eigenvalue weighted by Gasteiger charge is -2.27. The van der Waals surface area contributed by atoms with E-state index in [4.69, 9.17) is 9.84 Å². The molecule has 19 heavy (non-hydrogen) atoms. The number of benzene rings is 1. The Morgan fingerprint density at radius 1 is 1.11 bits per heavy atom. The van der Waals surface area contributed by atoms with Gasteiger partial charge in [-0.15, -0.1) is 0 Å². The van der Waals surface area contributed by atoms with Crippen molar-refractivity contribution in [3.63, 3.8) is 0 Å². The molecule has 0 saturated heterocycles. The number of phenols is 1. The first-order valence-corrected chi connectivity index (χ1v) is 6.91. The Morgan fingerprint density at radius 2 is 1.74 bits per heavy atom. The molecule has 1 aliphatic carbocycles. The van der Waals surface area contributed by atoms with E-state index in [1.54, 1.807) is 0 Å². The van der Waals surface area contributed by atoms with Crippen molar-refractivity contribution < 1.29 is 18.6 Å². The van der Waals surface area contributed by atoms with E-state index in [9.17, 15) is 8.78 Å². The highest BCUT2D eigenvalue weighted by Crippen LogP contribution is 2.32. The number of halogens is 2. The van der Waals surface area contributed by atoms with Crippen molar-refractivity contribution in [2.24, 2.45) is 11.8 Å². The molecule has 0 atom stereocenters. The van der Waals surface area contributed by atoms with Crippen LogP contribution in [0.5, 0.6) is 11.5 Å². The Morgan fingerprint density at radius 3 is 2.37 bits per heavy atom. The summed E-state index contributed by atoms with van der Waals surface area (Å²) in [4.78, 5) is 0. The fourth-order valence-electron chi connectivity index (χ4n) is 2.65. The molecule has 0 spiro atoms. The van der Waals surface area contributed by atoms with Gasteiger partial charge in [0, 0.05) is 0 Å². The van der Waals surface area contributed by atoms with Crippen LogP contribution in [-0.2, 0) is 0 Å². The quantitative estimate of drug-likeness (QED) is 0.885. The average molecular weight is 270 g/mol. The largest absolute Gasteiger partial charge is 0.505 e. The third-order valence-electron chi connectivity index (χ3n) is 4.04. The molecule has 0 heterocycles. The van der Waals surface area contributed by atoms with Gasteiger partial charge in [0.1, 0.15) is 0 Å². The summed E-state index contributed by atoms with van der Waals surface area (Å²) in [5.41, 5.74) is 0. The van der Waals surface area contributed by atoms with Crippen LogP contribution in [0.15, 0.2) is 12.1 Å². The summed E-state index contributed by atoms with van der Waals surface area (Å²) in [6, 6.07) is 2.38. The van der Waals surface area contributed by atoms with Gasteiger partial charge in [-0.3, -0.25) is 0 Å². The Balaban J connectivity index is 1.88. The zero-order valence-electron chi connectivity index (χ0n) is 11.2. The van der Waals surface area contributed by atoms with Crippen molar-refractivity contribution in [2.45, 2.75) is 39.0 Å². The van der Waals surface area contributed by atoms with Crippen molar-refractivity contribution in [1.29, 1.82) is 0 Å². The Bertz CT molecular complexity index is 426. The molecule has 2 rings (SSSR count). The lowest BCUT2D eigenvalue weighted by molar-refractivity contribution is 0.175. The molecule has 1 fully saturated rings. The third kappa shape index (κ3) is 3.37. The molecule has 1 saturated carbocycles. The molecule has 1 aromatic rings. The Hall–Kier alpha value is -1.32. The van der Waals surface area contributed by atoms with Crippen molar-refractivity contribution in [1.82, 2.24) is 0 Å². The summed E-state index contributed by atoms with van der Waals surface area (Å²) < 4.78 is 32.0. The minimum absolute atomic E-state index is 0.118. The van der Waals surface area contributed by atoms with Gasteiger partial charge in [0.15, 0.2) is 11.5 Å². The molecule has 106 valence electrons. The molecule has 1 aromatic carbocycles. The molecular formula is C15H20F2O2. The molecule has 1 aliphatic rings. The zero-order valence-corrected chi connectivity index (χ0v) is 11.2. The van der Waals surface area contributed by atoms with Crippen LogP contribution in [0.3, 0.4) is 0 Å². The van der Waals surface area contributed by atoms with Gasteiger partial charge in [0.05, 0.1) is 6.61 Å². The fourth-order valence-corrected chi connectivity index (χ4v) is 2.65. The number of aromatic hydroxyl groups is 1. The van der Waals surface area contributed by atoms with Crippen molar-refractivity contribution in [3.8, 4) is 11.5 Å². The predicted octanol–water partition coefficient (Wildman–Crippen LogP) is 4.27. The molecule has 2 nitrogen and oxygen atoms in total. The molecule has 0 unspecified atom stereocenters. The average Bonchev–Trinajstić information content (AvgIpc) is 2.45. The molecule has 0 amide bonds. The van der Waals surface area contributed by atoms with Crippen LogP contribution in [0.1, 0.15) is 39.0 Å². The second kappa shape index (κ2) is 6.22. The molecule has 1 N–H and O–H groups in total. The normalized spacial score (nSPS) is 23.3. The maximum absolute atomic E-state index is 13.5. The number of hydrogen-bond acceptors (Lipinski definition) is 2. The van der Waals surface area contributed by atoms with Crippen molar-refractivity contribution >= 4 is 0 Å². The van der Waals surface area contributed by atoms with E-state index in [-0.39, 0.29) is 5.75 Å². The van der Waals surface area contributed by atoms with Crippen molar-refractivity contribution in [2.75, 3.05) is 6.61 Å². The SMILES string of the molecule is CC[C@H]1CC[C@H](COc2ccc(O)c(F)c2F)CC1. The van der Waals surface area contributed by atoms with Gasteiger partial charge < -0.3 is 9.84 Å². The van der Waals surface area contributed by atoms with E-state index < -0.39 is 17.4 Å². The van der Waals surface area contributed by atoms with Gasteiger partial charge in [-0.1, -0.05) is 26.2 Å². The summed E-state index contributed by atoms with van der Waals surface area (Å²) in [5, 5.41) is 9.03. The first-order chi connectivity index (χ1) is 9.11.